The third kappa shape index (κ3) is 4.03. The number of hydrogen-bond acceptors (Lipinski definition) is 4. The fourth-order valence-corrected chi connectivity index (χ4v) is 8.81. The van der Waals surface area contributed by atoms with Gasteiger partial charge in [-0.25, -0.2) is 15.0 Å². The molecule has 0 atom stereocenters. The van der Waals surface area contributed by atoms with Crippen molar-refractivity contribution in [3.05, 3.63) is 151 Å². The summed E-state index contributed by atoms with van der Waals surface area (Å²) in [5, 5.41) is 7.54. The Labute approximate surface area is 282 Å². The maximum atomic E-state index is 5.19. The highest BCUT2D eigenvalue weighted by molar-refractivity contribution is 7.26. The lowest BCUT2D eigenvalue weighted by Crippen LogP contribution is -2.15. The van der Waals surface area contributed by atoms with Gasteiger partial charge in [0.05, 0.1) is 0 Å². The van der Waals surface area contributed by atoms with Crippen molar-refractivity contribution in [2.24, 2.45) is 0 Å². The lowest BCUT2D eigenvalue weighted by molar-refractivity contribution is 0.660. The van der Waals surface area contributed by atoms with Crippen LogP contribution in [0.2, 0.25) is 0 Å². The second kappa shape index (κ2) is 10.1. The molecule has 0 amide bonds. The van der Waals surface area contributed by atoms with Gasteiger partial charge in [-0.3, -0.25) is 0 Å². The molecule has 0 N–H and O–H groups in total. The van der Waals surface area contributed by atoms with Crippen molar-refractivity contribution in [3.63, 3.8) is 0 Å². The van der Waals surface area contributed by atoms with Gasteiger partial charge >= 0.3 is 0 Å². The molecule has 0 saturated heterocycles. The summed E-state index contributed by atoms with van der Waals surface area (Å²) < 4.78 is 2.61. The highest BCUT2D eigenvalue weighted by Crippen LogP contribution is 2.49. The molecular formula is C44H29N3S. The molecule has 4 heteroatoms. The highest BCUT2D eigenvalue weighted by atomic mass is 32.1. The van der Waals surface area contributed by atoms with Gasteiger partial charge in [0.15, 0.2) is 17.5 Å². The van der Waals surface area contributed by atoms with Crippen LogP contribution in [0.15, 0.2) is 140 Å². The maximum Gasteiger partial charge on any atom is 0.164 e. The average molecular weight is 632 g/mol. The molecule has 0 saturated carbocycles. The number of nitrogens with zero attached hydrogens (tertiary/aromatic N) is 3. The van der Waals surface area contributed by atoms with Crippen LogP contribution < -0.4 is 0 Å². The lowest BCUT2D eigenvalue weighted by atomic mass is 9.82. The van der Waals surface area contributed by atoms with E-state index >= 15 is 0 Å². The molecule has 0 unspecified atom stereocenters. The first-order chi connectivity index (χ1) is 23.5. The van der Waals surface area contributed by atoms with Gasteiger partial charge in [0, 0.05) is 42.3 Å². The minimum absolute atomic E-state index is 0.114. The predicted octanol–water partition coefficient (Wildman–Crippen LogP) is 11.9. The topological polar surface area (TPSA) is 38.7 Å². The molecule has 0 spiro atoms. The van der Waals surface area contributed by atoms with E-state index in [1.807, 2.05) is 29.5 Å². The molecule has 0 fully saturated rings. The Morgan fingerprint density at radius 1 is 0.438 bits per heavy atom. The highest BCUT2D eigenvalue weighted by Gasteiger charge is 2.35. The van der Waals surface area contributed by atoms with Crippen molar-refractivity contribution in [2.45, 2.75) is 19.3 Å². The second-order valence-corrected chi connectivity index (χ2v) is 14.3. The van der Waals surface area contributed by atoms with E-state index in [4.69, 9.17) is 15.0 Å². The van der Waals surface area contributed by atoms with E-state index in [1.165, 1.54) is 64.0 Å². The number of rotatable bonds is 3. The van der Waals surface area contributed by atoms with E-state index in [2.05, 4.69) is 135 Å². The number of hydrogen-bond donors (Lipinski definition) is 0. The average Bonchev–Trinajstić information content (AvgIpc) is 3.63. The van der Waals surface area contributed by atoms with Crippen LogP contribution in [0.3, 0.4) is 0 Å². The van der Waals surface area contributed by atoms with Crippen LogP contribution in [0.4, 0.5) is 0 Å². The van der Waals surface area contributed by atoms with Crippen molar-refractivity contribution in [1.29, 1.82) is 0 Å². The zero-order valence-corrected chi connectivity index (χ0v) is 27.3. The van der Waals surface area contributed by atoms with Gasteiger partial charge in [0.25, 0.3) is 0 Å². The fourth-order valence-electron chi connectivity index (χ4n) is 7.69. The Balaban J connectivity index is 1.20. The number of benzene rings is 7. The molecule has 0 radical (unpaired) electrons. The summed E-state index contributed by atoms with van der Waals surface area (Å²) in [7, 11) is 0. The summed E-state index contributed by atoms with van der Waals surface area (Å²) in [6.45, 7) is 4.62. The summed E-state index contributed by atoms with van der Waals surface area (Å²) in [5.74, 6) is 2.02. The van der Waals surface area contributed by atoms with E-state index in [0.717, 1.165) is 16.7 Å². The molecule has 0 bridgehead atoms. The van der Waals surface area contributed by atoms with Crippen LogP contribution in [-0.4, -0.2) is 15.0 Å². The Morgan fingerprint density at radius 3 is 1.92 bits per heavy atom. The Morgan fingerprint density at radius 2 is 1.06 bits per heavy atom. The van der Waals surface area contributed by atoms with Crippen LogP contribution in [0, 0.1) is 0 Å². The van der Waals surface area contributed by atoms with Crippen molar-refractivity contribution in [3.8, 4) is 45.3 Å². The van der Waals surface area contributed by atoms with Gasteiger partial charge in [0.1, 0.15) is 0 Å². The summed E-state index contributed by atoms with van der Waals surface area (Å²) in [5.41, 5.74) is 8.06. The van der Waals surface area contributed by atoms with E-state index < -0.39 is 0 Å². The smallest absolute Gasteiger partial charge is 0.164 e. The van der Waals surface area contributed by atoms with E-state index in [0.29, 0.717) is 17.5 Å². The van der Waals surface area contributed by atoms with Crippen LogP contribution in [0.1, 0.15) is 25.0 Å². The molecular weight excluding hydrogens is 603 g/mol. The number of aromatic nitrogens is 3. The Hall–Kier alpha value is -5.71. The Bertz CT molecular complexity index is 2760. The number of fused-ring (bicyclic) bond motifs is 10. The maximum absolute atomic E-state index is 5.19. The first-order valence-corrected chi connectivity index (χ1v) is 17.2. The molecule has 2 aromatic heterocycles. The van der Waals surface area contributed by atoms with Crippen molar-refractivity contribution in [1.82, 2.24) is 15.0 Å². The molecule has 1 aliphatic rings. The molecule has 2 heterocycles. The monoisotopic (exact) mass is 631 g/mol. The summed E-state index contributed by atoms with van der Waals surface area (Å²) in [6.07, 6.45) is 0. The minimum Gasteiger partial charge on any atom is -0.208 e. The largest absolute Gasteiger partial charge is 0.208 e. The zero-order chi connectivity index (χ0) is 32.0. The van der Waals surface area contributed by atoms with E-state index in [-0.39, 0.29) is 5.41 Å². The number of thiophene rings is 1. The fraction of sp³-hybridized carbons (Fsp3) is 0.0682. The van der Waals surface area contributed by atoms with Gasteiger partial charge in [0.2, 0.25) is 0 Å². The van der Waals surface area contributed by atoms with Crippen LogP contribution in [-0.2, 0) is 5.41 Å². The summed E-state index contributed by atoms with van der Waals surface area (Å²) in [4.78, 5) is 15.4. The second-order valence-electron chi connectivity index (χ2n) is 13.2. The predicted molar refractivity (Wildman–Crippen MR) is 202 cm³/mol. The Kier molecular flexibility index (Phi) is 5.79. The first-order valence-electron chi connectivity index (χ1n) is 16.4. The summed E-state index contributed by atoms with van der Waals surface area (Å²) >= 11 is 1.86. The standard InChI is InChI=1S/C44H29N3S/c1-44(2)35-14-8-6-12-31(35)32-22-20-30(25-36(32)44)43-46-41(28-10-4-3-5-11-28)45-42(47-43)29-19-17-26-16-18-27-21-23-38-40(39(27)34(26)24-29)33-13-7-9-15-37(33)48-38/h3-25H,1-2H3. The molecule has 3 nitrogen and oxygen atoms in total. The summed E-state index contributed by atoms with van der Waals surface area (Å²) in [6, 6.07) is 50.0. The molecule has 7 aromatic carbocycles. The molecule has 1 aliphatic carbocycles. The third-order valence-corrected chi connectivity index (χ3v) is 11.2. The molecule has 48 heavy (non-hydrogen) atoms. The van der Waals surface area contributed by atoms with Gasteiger partial charge in [-0.05, 0) is 68.1 Å². The minimum atomic E-state index is -0.114. The van der Waals surface area contributed by atoms with Crippen molar-refractivity contribution in [2.75, 3.05) is 0 Å². The first kappa shape index (κ1) is 27.4. The molecule has 10 rings (SSSR count). The van der Waals surface area contributed by atoms with Crippen LogP contribution in [0.25, 0.3) is 87.0 Å². The lowest BCUT2D eigenvalue weighted by Gasteiger charge is -2.21. The quantitative estimate of drug-likeness (QED) is 0.182. The SMILES string of the molecule is CC1(C)c2ccccc2-c2ccc(-c3nc(-c4ccccc4)nc(-c4ccc5ccc6ccc7sc8ccccc8c7c6c5c4)n3)cc21. The van der Waals surface area contributed by atoms with E-state index in [1.54, 1.807) is 0 Å². The molecule has 0 aliphatic heterocycles. The zero-order valence-electron chi connectivity index (χ0n) is 26.5. The van der Waals surface area contributed by atoms with Gasteiger partial charge in [-0.15, -0.1) is 11.3 Å². The van der Waals surface area contributed by atoms with Crippen LogP contribution >= 0.6 is 11.3 Å². The van der Waals surface area contributed by atoms with Gasteiger partial charge < -0.3 is 0 Å². The van der Waals surface area contributed by atoms with Crippen LogP contribution in [0.5, 0.6) is 0 Å². The third-order valence-electron chi connectivity index (χ3n) is 10.1. The van der Waals surface area contributed by atoms with Crippen molar-refractivity contribution < 1.29 is 0 Å². The van der Waals surface area contributed by atoms with Crippen molar-refractivity contribution >= 4 is 53.1 Å². The van der Waals surface area contributed by atoms with Gasteiger partial charge in [-0.1, -0.05) is 129 Å². The van der Waals surface area contributed by atoms with Gasteiger partial charge in [-0.2, -0.15) is 0 Å². The normalized spacial score (nSPS) is 13.4. The molecule has 226 valence electrons. The molecule has 9 aromatic rings. The van der Waals surface area contributed by atoms with E-state index in [9.17, 15) is 0 Å².